The van der Waals surface area contributed by atoms with E-state index in [0.29, 0.717) is 37.1 Å². The number of ketones is 1. The van der Waals surface area contributed by atoms with Crippen LogP contribution in [0, 0.1) is 0 Å². The van der Waals surface area contributed by atoms with Crippen LogP contribution >= 0.6 is 0 Å². The minimum absolute atomic E-state index is 0.107. The highest BCUT2D eigenvalue weighted by atomic mass is 16.5. The Kier molecular flexibility index (Phi) is 6.33. The van der Waals surface area contributed by atoms with Gasteiger partial charge in [-0.25, -0.2) is 4.79 Å². The van der Waals surface area contributed by atoms with Crippen molar-refractivity contribution in [3.8, 4) is 0 Å². The summed E-state index contributed by atoms with van der Waals surface area (Å²) in [6, 6.07) is 6.33. The number of benzene rings is 1. The molecule has 1 aliphatic heterocycles. The van der Waals surface area contributed by atoms with Crippen LogP contribution in [0.15, 0.2) is 37.4 Å². The lowest BCUT2D eigenvalue weighted by molar-refractivity contribution is -0.120. The van der Waals surface area contributed by atoms with Gasteiger partial charge in [0.05, 0.1) is 12.7 Å². The van der Waals surface area contributed by atoms with Crippen molar-refractivity contribution in [3.63, 3.8) is 0 Å². The SMILES string of the molecule is C=C.COC(=O)c1ccc(C(=O)N2CCC(=O)CC2)cc1. The molecule has 1 fully saturated rings. The molecule has 0 spiro atoms. The van der Waals surface area contributed by atoms with Crippen molar-refractivity contribution >= 4 is 17.7 Å². The lowest BCUT2D eigenvalue weighted by Crippen LogP contribution is -2.38. The van der Waals surface area contributed by atoms with E-state index < -0.39 is 5.97 Å². The number of hydrogen-bond acceptors (Lipinski definition) is 4. The highest BCUT2D eigenvalue weighted by molar-refractivity contribution is 5.97. The van der Waals surface area contributed by atoms with Gasteiger partial charge in [-0.1, -0.05) is 0 Å². The third kappa shape index (κ3) is 4.27. The van der Waals surface area contributed by atoms with Crippen LogP contribution in [-0.4, -0.2) is 42.8 Å². The van der Waals surface area contributed by atoms with Crippen LogP contribution in [0.5, 0.6) is 0 Å². The van der Waals surface area contributed by atoms with Crippen molar-refractivity contribution in [3.05, 3.63) is 48.6 Å². The van der Waals surface area contributed by atoms with Crippen molar-refractivity contribution in [1.82, 2.24) is 4.90 Å². The number of nitrogens with zero attached hydrogens (tertiary/aromatic N) is 1. The van der Waals surface area contributed by atoms with Gasteiger partial charge in [-0.2, -0.15) is 0 Å². The Hall–Kier alpha value is -2.43. The third-order valence-corrected chi connectivity index (χ3v) is 3.16. The van der Waals surface area contributed by atoms with Crippen LogP contribution in [0.3, 0.4) is 0 Å². The Balaban J connectivity index is 0.00000106. The first kappa shape index (κ1) is 16.6. The average Bonchev–Trinajstić information content (AvgIpc) is 2.56. The molecule has 1 saturated heterocycles. The maximum absolute atomic E-state index is 12.2. The van der Waals surface area contributed by atoms with Gasteiger partial charge in [0.15, 0.2) is 0 Å². The molecule has 2 rings (SSSR count). The van der Waals surface area contributed by atoms with Crippen molar-refractivity contribution in [1.29, 1.82) is 0 Å². The van der Waals surface area contributed by atoms with Gasteiger partial charge >= 0.3 is 5.97 Å². The summed E-state index contributed by atoms with van der Waals surface area (Å²) in [5.74, 6) is -0.337. The van der Waals surface area contributed by atoms with Crippen LogP contribution in [-0.2, 0) is 9.53 Å². The van der Waals surface area contributed by atoms with Crippen LogP contribution < -0.4 is 0 Å². The molecule has 0 atom stereocenters. The first-order valence-corrected chi connectivity index (χ1v) is 6.61. The molecule has 5 nitrogen and oxygen atoms in total. The zero-order chi connectivity index (χ0) is 15.8. The number of carbonyl (C=O) groups is 3. The first-order chi connectivity index (χ1) is 10.1. The molecule has 0 aliphatic carbocycles. The summed E-state index contributed by atoms with van der Waals surface area (Å²) < 4.78 is 4.59. The molecule has 1 aliphatic rings. The molecule has 1 aromatic carbocycles. The standard InChI is InChI=1S/C14H15NO4.C2H4/c1-19-14(18)11-4-2-10(3-5-11)13(17)15-8-6-12(16)7-9-15;1-2/h2-5H,6-9H2,1H3;1-2H2. The van der Waals surface area contributed by atoms with Gasteiger partial charge in [0.25, 0.3) is 5.91 Å². The number of likely N-dealkylation sites (tertiary alicyclic amines) is 1. The summed E-state index contributed by atoms with van der Waals surface area (Å²) in [4.78, 5) is 36.2. The number of rotatable bonds is 2. The monoisotopic (exact) mass is 289 g/mol. The fourth-order valence-electron chi connectivity index (χ4n) is 2.01. The molecule has 1 aromatic rings. The van der Waals surface area contributed by atoms with Crippen LogP contribution in [0.4, 0.5) is 0 Å². The number of amides is 1. The lowest BCUT2D eigenvalue weighted by atomic mass is 10.1. The fraction of sp³-hybridized carbons (Fsp3) is 0.312. The third-order valence-electron chi connectivity index (χ3n) is 3.16. The normalized spacial score (nSPS) is 14.0. The summed E-state index contributed by atoms with van der Waals surface area (Å²) >= 11 is 0. The Bertz CT molecular complexity index is 512. The van der Waals surface area contributed by atoms with Crippen LogP contribution in [0.25, 0.3) is 0 Å². The van der Waals surface area contributed by atoms with E-state index in [1.165, 1.54) is 7.11 Å². The molecule has 0 unspecified atom stereocenters. The van der Waals surface area contributed by atoms with Crippen LogP contribution in [0.2, 0.25) is 0 Å². The highest BCUT2D eigenvalue weighted by Crippen LogP contribution is 2.12. The second kappa shape index (κ2) is 7.99. The molecule has 112 valence electrons. The number of ether oxygens (including phenoxy) is 1. The Morgan fingerprint density at radius 2 is 1.52 bits per heavy atom. The van der Waals surface area contributed by atoms with E-state index in [0.717, 1.165) is 0 Å². The van der Waals surface area contributed by atoms with Gasteiger partial charge in [0, 0.05) is 31.5 Å². The van der Waals surface area contributed by atoms with Gasteiger partial charge in [0.2, 0.25) is 0 Å². The van der Waals surface area contributed by atoms with E-state index in [4.69, 9.17) is 0 Å². The topological polar surface area (TPSA) is 63.7 Å². The van der Waals surface area contributed by atoms with E-state index in [9.17, 15) is 14.4 Å². The minimum atomic E-state index is -0.428. The summed E-state index contributed by atoms with van der Waals surface area (Å²) in [5.41, 5.74) is 0.926. The average molecular weight is 289 g/mol. The lowest BCUT2D eigenvalue weighted by Gasteiger charge is -2.26. The van der Waals surface area contributed by atoms with Gasteiger partial charge in [-0.15, -0.1) is 13.2 Å². The largest absolute Gasteiger partial charge is 0.465 e. The van der Waals surface area contributed by atoms with Gasteiger partial charge in [-0.3, -0.25) is 9.59 Å². The Morgan fingerprint density at radius 1 is 1.05 bits per heavy atom. The summed E-state index contributed by atoms with van der Waals surface area (Å²) in [6.45, 7) is 6.94. The first-order valence-electron chi connectivity index (χ1n) is 6.61. The van der Waals surface area contributed by atoms with Crippen molar-refractivity contribution in [2.75, 3.05) is 20.2 Å². The Morgan fingerprint density at radius 3 is 2.00 bits per heavy atom. The van der Waals surface area contributed by atoms with Crippen molar-refractivity contribution < 1.29 is 19.1 Å². The fourth-order valence-corrected chi connectivity index (χ4v) is 2.01. The number of methoxy groups -OCH3 is 1. The molecule has 1 amide bonds. The molecule has 0 saturated carbocycles. The number of piperidine rings is 1. The number of esters is 1. The number of Topliss-reactive ketones (excluding diaryl/α,β-unsaturated/α-hetero) is 1. The molecule has 21 heavy (non-hydrogen) atoms. The van der Waals surface area contributed by atoms with Gasteiger partial charge in [-0.05, 0) is 24.3 Å². The van der Waals surface area contributed by atoms with Gasteiger partial charge < -0.3 is 9.64 Å². The maximum Gasteiger partial charge on any atom is 0.337 e. The van der Waals surface area contributed by atoms with Crippen molar-refractivity contribution in [2.45, 2.75) is 12.8 Å². The molecule has 0 bridgehead atoms. The van der Waals surface area contributed by atoms with E-state index in [-0.39, 0.29) is 11.7 Å². The van der Waals surface area contributed by atoms with E-state index in [1.54, 1.807) is 29.2 Å². The van der Waals surface area contributed by atoms with Crippen molar-refractivity contribution in [2.24, 2.45) is 0 Å². The zero-order valence-electron chi connectivity index (χ0n) is 12.1. The Labute approximate surface area is 124 Å². The van der Waals surface area contributed by atoms with Crippen LogP contribution in [0.1, 0.15) is 33.6 Å². The predicted octanol–water partition coefficient (Wildman–Crippen LogP) is 2.08. The second-order valence-corrected chi connectivity index (χ2v) is 4.40. The molecule has 5 heteroatoms. The smallest absolute Gasteiger partial charge is 0.337 e. The minimum Gasteiger partial charge on any atom is -0.465 e. The molecular formula is C16H19NO4. The molecule has 0 radical (unpaired) electrons. The summed E-state index contributed by atoms with van der Waals surface area (Å²) in [6.07, 6.45) is 0.845. The predicted molar refractivity (Wildman–Crippen MR) is 79.2 cm³/mol. The maximum atomic E-state index is 12.2. The van der Waals surface area contributed by atoms with E-state index in [2.05, 4.69) is 17.9 Å². The molecule has 1 heterocycles. The zero-order valence-corrected chi connectivity index (χ0v) is 12.1. The summed E-state index contributed by atoms with van der Waals surface area (Å²) in [5, 5.41) is 0. The van der Waals surface area contributed by atoms with Gasteiger partial charge in [0.1, 0.15) is 5.78 Å². The molecular weight excluding hydrogens is 270 g/mol. The summed E-state index contributed by atoms with van der Waals surface area (Å²) in [7, 11) is 1.31. The van der Waals surface area contributed by atoms with E-state index >= 15 is 0 Å². The molecule has 0 N–H and O–H groups in total. The number of hydrogen-bond donors (Lipinski definition) is 0. The quantitative estimate of drug-likeness (QED) is 0.617. The number of carbonyl (C=O) groups excluding carboxylic acids is 3. The van der Waals surface area contributed by atoms with E-state index in [1.807, 2.05) is 0 Å². The second-order valence-electron chi connectivity index (χ2n) is 4.40. The molecule has 0 aromatic heterocycles. The highest BCUT2D eigenvalue weighted by Gasteiger charge is 2.21.